The number of anilines is 1. The third kappa shape index (κ3) is 5.80. The maximum atomic E-state index is 13.0. The Morgan fingerprint density at radius 1 is 1.17 bits per heavy atom. The molecule has 4 heterocycles. The molecule has 1 atom stereocenters. The minimum atomic E-state index is -4.48. The maximum Gasteiger partial charge on any atom is 0.417 e. The molecule has 1 N–H and O–H groups in total. The maximum absolute atomic E-state index is 13.0. The number of amides is 1. The van der Waals surface area contributed by atoms with E-state index >= 15 is 0 Å². The van der Waals surface area contributed by atoms with Crippen molar-refractivity contribution in [2.45, 2.75) is 51.2 Å². The number of pyridine rings is 1. The average molecular weight is 507 g/mol. The summed E-state index contributed by atoms with van der Waals surface area (Å²) in [6, 6.07) is 2.39. The van der Waals surface area contributed by atoms with E-state index in [1.54, 1.807) is 12.4 Å². The normalized spacial score (nSPS) is 19.1. The van der Waals surface area contributed by atoms with Gasteiger partial charge in [-0.15, -0.1) is 0 Å². The van der Waals surface area contributed by atoms with Crippen LogP contribution in [-0.4, -0.2) is 46.2 Å². The number of piperidine rings is 1. The number of aromatic nitrogens is 3. The number of carbonyl (C=O) groups excluding carboxylic acids is 1. The fourth-order valence-electron chi connectivity index (χ4n) is 4.04. The van der Waals surface area contributed by atoms with Crippen molar-refractivity contribution >= 4 is 29.5 Å². The highest BCUT2D eigenvalue weighted by Crippen LogP contribution is 2.37. The standard InChI is InChI=1S/C24H26ClF3N6O/c1-14(2)23(35)32-16-6-9-34(10-7-16)20-13-31-22(19-4-3-15(11-30-19)24(26,27)28)21(33-20)17-5-8-29-12-18(17)25/h3-4,8,11-14,16-17H,5-7,9-10H2,1-2H3,(H,32,35). The van der Waals surface area contributed by atoms with Gasteiger partial charge in [0.2, 0.25) is 5.91 Å². The molecule has 0 aliphatic carbocycles. The van der Waals surface area contributed by atoms with Gasteiger partial charge in [0.1, 0.15) is 11.5 Å². The van der Waals surface area contributed by atoms with Crippen molar-refractivity contribution in [2.24, 2.45) is 10.9 Å². The van der Waals surface area contributed by atoms with Crippen LogP contribution in [0.3, 0.4) is 0 Å². The number of hydrogen-bond acceptors (Lipinski definition) is 6. The lowest BCUT2D eigenvalue weighted by molar-refractivity contribution is -0.137. The molecule has 0 spiro atoms. The third-order valence-electron chi connectivity index (χ3n) is 6.12. The van der Waals surface area contributed by atoms with Crippen LogP contribution in [0.4, 0.5) is 19.0 Å². The molecule has 35 heavy (non-hydrogen) atoms. The van der Waals surface area contributed by atoms with Crippen molar-refractivity contribution in [3.63, 3.8) is 0 Å². The zero-order valence-electron chi connectivity index (χ0n) is 19.4. The summed E-state index contributed by atoms with van der Waals surface area (Å²) in [7, 11) is 0. The van der Waals surface area contributed by atoms with Crippen LogP contribution >= 0.6 is 11.6 Å². The highest BCUT2D eigenvalue weighted by Gasteiger charge is 2.32. The van der Waals surface area contributed by atoms with Crippen molar-refractivity contribution in [1.29, 1.82) is 0 Å². The lowest BCUT2D eigenvalue weighted by Gasteiger charge is -2.34. The van der Waals surface area contributed by atoms with E-state index in [0.29, 0.717) is 41.7 Å². The van der Waals surface area contributed by atoms with Gasteiger partial charge in [0, 0.05) is 54.6 Å². The van der Waals surface area contributed by atoms with Gasteiger partial charge in [-0.3, -0.25) is 14.8 Å². The van der Waals surface area contributed by atoms with Crippen molar-refractivity contribution in [3.05, 3.63) is 47.0 Å². The SMILES string of the molecule is CC(C)C(=O)NC1CCN(c2cnc(-c3ccc(C(F)(F)F)cn3)c(C3CC=NC=C3Cl)n2)CC1. The number of alkyl halides is 3. The Hall–Kier alpha value is -3.01. The van der Waals surface area contributed by atoms with Gasteiger partial charge in [0.15, 0.2) is 0 Å². The van der Waals surface area contributed by atoms with Crippen molar-refractivity contribution in [3.8, 4) is 11.4 Å². The summed E-state index contributed by atoms with van der Waals surface area (Å²) in [5, 5.41) is 3.55. The Kier molecular flexibility index (Phi) is 7.39. The Morgan fingerprint density at radius 2 is 1.91 bits per heavy atom. The molecule has 0 saturated carbocycles. The van der Waals surface area contributed by atoms with E-state index < -0.39 is 11.7 Å². The van der Waals surface area contributed by atoms with Crippen LogP contribution in [0.1, 0.15) is 50.3 Å². The van der Waals surface area contributed by atoms with Gasteiger partial charge in [-0.05, 0) is 31.4 Å². The van der Waals surface area contributed by atoms with E-state index in [0.717, 1.165) is 25.1 Å². The van der Waals surface area contributed by atoms with Gasteiger partial charge < -0.3 is 10.2 Å². The molecule has 11 heteroatoms. The number of allylic oxidation sites excluding steroid dienone is 1. The smallest absolute Gasteiger partial charge is 0.355 e. The number of nitrogens with one attached hydrogen (secondary N) is 1. The molecule has 1 saturated heterocycles. The summed E-state index contributed by atoms with van der Waals surface area (Å²) in [4.78, 5) is 31.6. The van der Waals surface area contributed by atoms with Crippen LogP contribution in [0.25, 0.3) is 11.4 Å². The summed E-state index contributed by atoms with van der Waals surface area (Å²) in [5.41, 5.74) is 0.377. The van der Waals surface area contributed by atoms with E-state index in [1.807, 2.05) is 13.8 Å². The second kappa shape index (κ2) is 10.3. The highest BCUT2D eigenvalue weighted by atomic mass is 35.5. The second-order valence-electron chi connectivity index (χ2n) is 8.95. The first kappa shape index (κ1) is 25.1. The van der Waals surface area contributed by atoms with Crippen LogP contribution in [0.5, 0.6) is 0 Å². The number of carbonyl (C=O) groups is 1. The topological polar surface area (TPSA) is 83.4 Å². The van der Waals surface area contributed by atoms with Crippen molar-refractivity contribution < 1.29 is 18.0 Å². The highest BCUT2D eigenvalue weighted by molar-refractivity contribution is 6.30. The minimum Gasteiger partial charge on any atom is -0.355 e. The molecular weight excluding hydrogens is 481 g/mol. The van der Waals surface area contributed by atoms with Gasteiger partial charge in [-0.25, -0.2) is 9.97 Å². The van der Waals surface area contributed by atoms with Crippen LogP contribution < -0.4 is 10.2 Å². The summed E-state index contributed by atoms with van der Waals surface area (Å²) >= 11 is 6.45. The van der Waals surface area contributed by atoms with Crippen molar-refractivity contribution in [2.75, 3.05) is 18.0 Å². The molecule has 1 fully saturated rings. The lowest BCUT2D eigenvalue weighted by Crippen LogP contribution is -2.46. The summed E-state index contributed by atoms with van der Waals surface area (Å²) in [6.07, 6.45) is 3.23. The lowest BCUT2D eigenvalue weighted by atomic mass is 9.96. The van der Waals surface area contributed by atoms with E-state index in [-0.39, 0.29) is 29.5 Å². The monoisotopic (exact) mass is 506 g/mol. The average Bonchev–Trinajstić information content (AvgIpc) is 2.84. The molecule has 2 aromatic heterocycles. The number of halogens is 4. The van der Waals surface area contributed by atoms with E-state index in [4.69, 9.17) is 16.6 Å². The molecule has 0 aromatic carbocycles. The quantitative estimate of drug-likeness (QED) is 0.621. The third-order valence-corrected chi connectivity index (χ3v) is 6.48. The molecule has 0 radical (unpaired) electrons. The fourth-order valence-corrected chi connectivity index (χ4v) is 4.29. The Morgan fingerprint density at radius 3 is 2.51 bits per heavy atom. The Balaban J connectivity index is 1.61. The van der Waals surface area contributed by atoms with Crippen LogP contribution in [0.2, 0.25) is 0 Å². The minimum absolute atomic E-state index is 0.0410. The van der Waals surface area contributed by atoms with E-state index in [2.05, 4.69) is 25.2 Å². The van der Waals surface area contributed by atoms with Gasteiger partial charge in [0.05, 0.1) is 23.1 Å². The first-order valence-electron chi connectivity index (χ1n) is 11.5. The first-order valence-corrected chi connectivity index (χ1v) is 11.8. The molecule has 0 bridgehead atoms. The number of aliphatic imine (C=N–C) groups is 1. The second-order valence-corrected chi connectivity index (χ2v) is 9.39. The molecule has 2 aliphatic heterocycles. The van der Waals surface area contributed by atoms with Crippen molar-refractivity contribution in [1.82, 2.24) is 20.3 Å². The van der Waals surface area contributed by atoms with Crippen LogP contribution in [0, 0.1) is 5.92 Å². The molecule has 4 rings (SSSR count). The zero-order chi connectivity index (χ0) is 25.2. The van der Waals surface area contributed by atoms with Gasteiger partial charge in [-0.1, -0.05) is 25.4 Å². The molecule has 2 aliphatic rings. The van der Waals surface area contributed by atoms with Crippen LogP contribution in [-0.2, 0) is 11.0 Å². The molecule has 7 nitrogen and oxygen atoms in total. The molecule has 1 unspecified atom stereocenters. The summed E-state index contributed by atoms with van der Waals surface area (Å²) in [6.45, 7) is 5.10. The predicted octanol–water partition coefficient (Wildman–Crippen LogP) is 4.94. The van der Waals surface area contributed by atoms with Crippen LogP contribution in [0.15, 0.2) is 40.8 Å². The molecule has 1 amide bonds. The first-order chi connectivity index (χ1) is 16.6. The number of nitrogens with zero attached hydrogens (tertiary/aromatic N) is 5. The number of hydrogen-bond donors (Lipinski definition) is 1. The fraction of sp³-hybridized carbons (Fsp3) is 0.458. The Labute approximate surface area is 206 Å². The van der Waals surface area contributed by atoms with E-state index in [1.165, 1.54) is 12.3 Å². The zero-order valence-corrected chi connectivity index (χ0v) is 20.1. The van der Waals surface area contributed by atoms with Gasteiger partial charge in [-0.2, -0.15) is 13.2 Å². The summed E-state index contributed by atoms with van der Waals surface area (Å²) in [5.74, 6) is 0.295. The van der Waals surface area contributed by atoms with Gasteiger partial charge in [0.25, 0.3) is 0 Å². The molecule has 2 aromatic rings. The molecular formula is C24H26ClF3N6O. The van der Waals surface area contributed by atoms with Gasteiger partial charge >= 0.3 is 6.18 Å². The van der Waals surface area contributed by atoms with E-state index in [9.17, 15) is 18.0 Å². The largest absolute Gasteiger partial charge is 0.417 e. The number of rotatable bonds is 5. The molecule has 186 valence electrons. The Bertz CT molecular complexity index is 1130. The predicted molar refractivity (Wildman–Crippen MR) is 128 cm³/mol. The summed E-state index contributed by atoms with van der Waals surface area (Å²) < 4.78 is 39.0.